The van der Waals surface area contributed by atoms with E-state index in [2.05, 4.69) is 50.7 Å². The SMILES string of the molecule is O=C(N/N=C\c1ccc(OCc2cccc3ccccc23)c(Br)c1)c1cc2ccccc2o1. The molecule has 0 aliphatic heterocycles. The maximum atomic E-state index is 12.3. The van der Waals surface area contributed by atoms with E-state index in [-0.39, 0.29) is 5.76 Å². The minimum absolute atomic E-state index is 0.215. The number of carbonyl (C=O) groups excluding carboxylic acids is 1. The van der Waals surface area contributed by atoms with Crippen molar-refractivity contribution in [2.45, 2.75) is 6.61 Å². The number of para-hydroxylation sites is 1. The molecular weight excluding hydrogens is 480 g/mol. The zero-order valence-electron chi connectivity index (χ0n) is 17.5. The molecule has 5 aromatic rings. The summed E-state index contributed by atoms with van der Waals surface area (Å²) < 4.78 is 12.4. The Bertz CT molecular complexity index is 1450. The van der Waals surface area contributed by atoms with Crippen molar-refractivity contribution in [2.24, 2.45) is 5.10 Å². The van der Waals surface area contributed by atoms with Crippen molar-refractivity contribution in [3.8, 4) is 5.75 Å². The first-order valence-corrected chi connectivity index (χ1v) is 11.2. The van der Waals surface area contributed by atoms with Gasteiger partial charge in [-0.05, 0) is 68.2 Å². The third-order valence-electron chi connectivity index (χ3n) is 5.25. The first-order chi connectivity index (χ1) is 16.2. The molecule has 0 atom stereocenters. The summed E-state index contributed by atoms with van der Waals surface area (Å²) in [5.41, 5.74) is 5.09. The lowest BCUT2D eigenvalue weighted by Crippen LogP contribution is -2.16. The summed E-state index contributed by atoms with van der Waals surface area (Å²) in [4.78, 5) is 12.3. The van der Waals surface area contributed by atoms with Gasteiger partial charge in [0, 0.05) is 5.39 Å². The number of amides is 1. The second kappa shape index (κ2) is 9.30. The number of ether oxygens (including phenoxy) is 1. The third-order valence-corrected chi connectivity index (χ3v) is 5.87. The molecule has 0 fully saturated rings. The molecule has 33 heavy (non-hydrogen) atoms. The van der Waals surface area contributed by atoms with Crippen molar-refractivity contribution < 1.29 is 13.9 Å². The van der Waals surface area contributed by atoms with Crippen LogP contribution in [0, 0.1) is 0 Å². The van der Waals surface area contributed by atoms with E-state index in [9.17, 15) is 4.79 Å². The molecule has 0 saturated heterocycles. The minimum Gasteiger partial charge on any atom is -0.488 e. The molecular formula is C27H19BrN2O3. The van der Waals surface area contributed by atoms with Gasteiger partial charge in [0.1, 0.15) is 17.9 Å². The maximum absolute atomic E-state index is 12.3. The molecule has 0 unspecified atom stereocenters. The van der Waals surface area contributed by atoms with Crippen molar-refractivity contribution in [2.75, 3.05) is 0 Å². The first-order valence-electron chi connectivity index (χ1n) is 10.4. The molecule has 1 amide bonds. The van der Waals surface area contributed by atoms with Gasteiger partial charge in [-0.1, -0.05) is 60.7 Å². The van der Waals surface area contributed by atoms with E-state index in [1.807, 2.05) is 60.7 Å². The lowest BCUT2D eigenvalue weighted by Gasteiger charge is -2.11. The molecule has 0 radical (unpaired) electrons. The number of benzene rings is 4. The molecule has 0 spiro atoms. The number of nitrogens with one attached hydrogen (secondary N) is 1. The fourth-order valence-corrected chi connectivity index (χ4v) is 4.11. The first kappa shape index (κ1) is 21.0. The normalized spacial score (nSPS) is 11.3. The molecule has 0 saturated carbocycles. The highest BCUT2D eigenvalue weighted by Gasteiger charge is 2.11. The molecule has 162 valence electrons. The Labute approximate surface area is 198 Å². The van der Waals surface area contributed by atoms with Crippen LogP contribution in [0.1, 0.15) is 21.7 Å². The van der Waals surface area contributed by atoms with Crippen molar-refractivity contribution in [1.82, 2.24) is 5.43 Å². The Morgan fingerprint density at radius 1 is 0.939 bits per heavy atom. The smallest absolute Gasteiger partial charge is 0.307 e. The third kappa shape index (κ3) is 4.66. The number of rotatable bonds is 6. The number of halogens is 1. The standard InChI is InChI=1S/C27H19BrN2O3/c28-23-14-18(16-29-30-27(31)26-15-20-7-2-4-11-24(20)33-26)12-13-25(23)32-17-21-9-5-8-19-6-1-3-10-22(19)21/h1-16H,17H2,(H,30,31)/b29-16-. The summed E-state index contributed by atoms with van der Waals surface area (Å²) in [5.74, 6) is 0.537. The zero-order chi connectivity index (χ0) is 22.6. The lowest BCUT2D eigenvalue weighted by atomic mass is 10.1. The van der Waals surface area contributed by atoms with Gasteiger partial charge < -0.3 is 9.15 Å². The predicted molar refractivity (Wildman–Crippen MR) is 134 cm³/mol. The highest BCUT2D eigenvalue weighted by Crippen LogP contribution is 2.27. The number of hydrazone groups is 1. The molecule has 1 heterocycles. The molecule has 5 nitrogen and oxygen atoms in total. The molecule has 1 N–H and O–H groups in total. The van der Waals surface area contributed by atoms with Crippen molar-refractivity contribution >= 4 is 49.8 Å². The summed E-state index contributed by atoms with van der Waals surface area (Å²) in [6.45, 7) is 0.459. The quantitative estimate of drug-likeness (QED) is 0.209. The molecule has 0 bridgehead atoms. The summed E-state index contributed by atoms with van der Waals surface area (Å²) in [6, 6.07) is 29.2. The molecule has 0 aliphatic rings. The predicted octanol–water partition coefficient (Wildman–Crippen LogP) is 6.69. The van der Waals surface area contributed by atoms with Crippen molar-refractivity contribution in [3.63, 3.8) is 0 Å². The van der Waals surface area contributed by atoms with Gasteiger partial charge in [-0.3, -0.25) is 4.79 Å². The zero-order valence-corrected chi connectivity index (χ0v) is 19.1. The Kier molecular flexibility index (Phi) is 5.91. The molecule has 4 aromatic carbocycles. The van der Waals surface area contributed by atoms with Gasteiger partial charge >= 0.3 is 5.91 Å². The summed E-state index contributed by atoms with van der Waals surface area (Å²) in [5, 5.41) is 7.28. The summed E-state index contributed by atoms with van der Waals surface area (Å²) in [7, 11) is 0. The van der Waals surface area contributed by atoms with E-state index >= 15 is 0 Å². The number of hydrogen-bond donors (Lipinski definition) is 1. The fraction of sp³-hybridized carbons (Fsp3) is 0.0370. The van der Waals surface area contributed by atoms with Crippen LogP contribution < -0.4 is 10.2 Å². The van der Waals surface area contributed by atoms with Crippen LogP contribution in [0.4, 0.5) is 0 Å². The van der Waals surface area contributed by atoms with Crippen LogP contribution in [0.25, 0.3) is 21.7 Å². The van der Waals surface area contributed by atoms with Crippen LogP contribution in [0.3, 0.4) is 0 Å². The van der Waals surface area contributed by atoms with Gasteiger partial charge in [0.05, 0.1) is 10.7 Å². The van der Waals surface area contributed by atoms with Gasteiger partial charge in [-0.25, -0.2) is 5.43 Å². The van der Waals surface area contributed by atoms with E-state index < -0.39 is 5.91 Å². The minimum atomic E-state index is -0.406. The van der Waals surface area contributed by atoms with E-state index in [1.165, 1.54) is 10.8 Å². The molecule has 5 rings (SSSR count). The lowest BCUT2D eigenvalue weighted by molar-refractivity contribution is 0.0929. The van der Waals surface area contributed by atoms with E-state index in [1.54, 1.807) is 12.3 Å². The second-order valence-electron chi connectivity index (χ2n) is 7.46. The summed E-state index contributed by atoms with van der Waals surface area (Å²) >= 11 is 3.56. The van der Waals surface area contributed by atoms with Crippen LogP contribution in [0.5, 0.6) is 5.75 Å². The monoisotopic (exact) mass is 498 g/mol. The van der Waals surface area contributed by atoms with Gasteiger partial charge in [0.2, 0.25) is 0 Å². The number of fused-ring (bicyclic) bond motifs is 2. The number of furan rings is 1. The second-order valence-corrected chi connectivity index (χ2v) is 8.32. The Hall–Kier alpha value is -3.90. The average molecular weight is 499 g/mol. The average Bonchev–Trinajstić information content (AvgIpc) is 3.28. The Balaban J connectivity index is 1.23. The molecule has 1 aromatic heterocycles. The van der Waals surface area contributed by atoms with Crippen molar-refractivity contribution in [1.29, 1.82) is 0 Å². The number of carbonyl (C=O) groups is 1. The highest BCUT2D eigenvalue weighted by molar-refractivity contribution is 9.10. The van der Waals surface area contributed by atoms with Crippen LogP contribution in [-0.2, 0) is 6.61 Å². The van der Waals surface area contributed by atoms with E-state index in [0.29, 0.717) is 12.2 Å². The van der Waals surface area contributed by atoms with E-state index in [4.69, 9.17) is 9.15 Å². The molecule has 6 heteroatoms. The highest BCUT2D eigenvalue weighted by atomic mass is 79.9. The van der Waals surface area contributed by atoms with Gasteiger partial charge in [-0.2, -0.15) is 5.10 Å². The van der Waals surface area contributed by atoms with Crippen LogP contribution in [-0.4, -0.2) is 12.1 Å². The van der Waals surface area contributed by atoms with Crippen LogP contribution in [0.2, 0.25) is 0 Å². The van der Waals surface area contributed by atoms with Crippen LogP contribution in [0.15, 0.2) is 105 Å². The fourth-order valence-electron chi connectivity index (χ4n) is 3.60. The van der Waals surface area contributed by atoms with Gasteiger partial charge in [0.25, 0.3) is 0 Å². The Morgan fingerprint density at radius 2 is 1.73 bits per heavy atom. The number of nitrogens with zero attached hydrogens (tertiary/aromatic N) is 1. The maximum Gasteiger partial charge on any atom is 0.307 e. The van der Waals surface area contributed by atoms with Crippen molar-refractivity contribution in [3.05, 3.63) is 112 Å². The Morgan fingerprint density at radius 3 is 2.58 bits per heavy atom. The van der Waals surface area contributed by atoms with Gasteiger partial charge in [-0.15, -0.1) is 0 Å². The molecule has 0 aliphatic carbocycles. The largest absolute Gasteiger partial charge is 0.488 e. The topological polar surface area (TPSA) is 63.8 Å². The van der Waals surface area contributed by atoms with Gasteiger partial charge in [0.15, 0.2) is 5.76 Å². The number of hydrogen-bond acceptors (Lipinski definition) is 4. The summed E-state index contributed by atoms with van der Waals surface area (Å²) in [6.07, 6.45) is 1.57. The van der Waals surface area contributed by atoms with E-state index in [0.717, 1.165) is 26.7 Å². The van der Waals surface area contributed by atoms with Crippen LogP contribution >= 0.6 is 15.9 Å².